The molecule has 7 heteroatoms. The SMILES string of the molecule is CC(C)(C)[Si](C)(C)Oc1ccc(C(O)c2ccc3c(c2)OC(F)(F)O3)cc1. The molecule has 1 atom stereocenters. The molecule has 0 bridgehead atoms. The van der Waals surface area contributed by atoms with E-state index in [0.29, 0.717) is 11.1 Å². The lowest BCUT2D eigenvalue weighted by Gasteiger charge is -2.36. The molecule has 1 aliphatic rings. The van der Waals surface area contributed by atoms with Crippen molar-refractivity contribution in [3.63, 3.8) is 0 Å². The highest BCUT2D eigenvalue weighted by Crippen LogP contribution is 2.43. The molecule has 1 aliphatic heterocycles. The van der Waals surface area contributed by atoms with E-state index in [9.17, 15) is 13.9 Å². The standard InChI is InChI=1S/C20H24F2O4Si/c1-19(2,3)27(4,5)26-15-9-6-13(7-10-15)18(23)14-8-11-16-17(12-14)25-20(21,22)24-16/h6-12,18,23H,1-5H3. The Kier molecular flexibility index (Phi) is 4.72. The number of fused-ring (bicyclic) bond motifs is 1. The van der Waals surface area contributed by atoms with Crippen molar-refractivity contribution in [2.24, 2.45) is 0 Å². The van der Waals surface area contributed by atoms with Crippen molar-refractivity contribution in [2.45, 2.75) is 51.3 Å². The summed E-state index contributed by atoms with van der Waals surface area (Å²) in [5.41, 5.74) is 1.07. The lowest BCUT2D eigenvalue weighted by molar-refractivity contribution is -0.286. The van der Waals surface area contributed by atoms with Crippen LogP contribution in [0.3, 0.4) is 0 Å². The molecule has 4 nitrogen and oxygen atoms in total. The van der Waals surface area contributed by atoms with Gasteiger partial charge in [0, 0.05) is 0 Å². The fourth-order valence-corrected chi connectivity index (χ4v) is 3.53. The summed E-state index contributed by atoms with van der Waals surface area (Å²) in [6.07, 6.45) is -4.65. The number of alkyl halides is 2. The quantitative estimate of drug-likeness (QED) is 0.698. The van der Waals surface area contributed by atoms with Gasteiger partial charge in [0.2, 0.25) is 8.32 Å². The van der Waals surface area contributed by atoms with Crippen LogP contribution < -0.4 is 13.9 Å². The fraction of sp³-hybridized carbons (Fsp3) is 0.400. The fourth-order valence-electron chi connectivity index (χ4n) is 2.49. The second kappa shape index (κ2) is 6.49. The normalized spacial score (nSPS) is 16.9. The third-order valence-electron chi connectivity index (χ3n) is 5.12. The Morgan fingerprint density at radius 1 is 0.963 bits per heavy atom. The Labute approximate surface area is 158 Å². The lowest BCUT2D eigenvalue weighted by atomic mass is 10.0. The Morgan fingerprint density at radius 2 is 1.52 bits per heavy atom. The molecule has 0 aliphatic carbocycles. The highest BCUT2D eigenvalue weighted by Gasteiger charge is 2.43. The van der Waals surface area contributed by atoms with Crippen LogP contribution in [0.4, 0.5) is 8.78 Å². The van der Waals surface area contributed by atoms with Crippen LogP contribution >= 0.6 is 0 Å². The van der Waals surface area contributed by atoms with Gasteiger partial charge in [-0.15, -0.1) is 8.78 Å². The first-order valence-corrected chi connectivity index (χ1v) is 11.7. The van der Waals surface area contributed by atoms with Crippen LogP contribution in [0.5, 0.6) is 17.2 Å². The van der Waals surface area contributed by atoms with E-state index in [0.717, 1.165) is 5.75 Å². The van der Waals surface area contributed by atoms with Gasteiger partial charge in [-0.25, -0.2) is 0 Å². The Morgan fingerprint density at radius 3 is 2.11 bits per heavy atom. The summed E-state index contributed by atoms with van der Waals surface area (Å²) in [7, 11) is -1.94. The van der Waals surface area contributed by atoms with Gasteiger partial charge in [0.1, 0.15) is 11.9 Å². The van der Waals surface area contributed by atoms with E-state index in [1.807, 2.05) is 12.1 Å². The van der Waals surface area contributed by atoms with Crippen LogP contribution in [0.1, 0.15) is 38.0 Å². The van der Waals surface area contributed by atoms with Crippen molar-refractivity contribution in [2.75, 3.05) is 0 Å². The number of hydrogen-bond acceptors (Lipinski definition) is 4. The predicted molar refractivity (Wildman–Crippen MR) is 101 cm³/mol. The first-order valence-electron chi connectivity index (χ1n) is 8.75. The molecule has 2 aromatic rings. The summed E-state index contributed by atoms with van der Waals surface area (Å²) in [4.78, 5) is 0. The Balaban J connectivity index is 1.76. The van der Waals surface area contributed by atoms with Crippen molar-refractivity contribution < 1.29 is 27.8 Å². The van der Waals surface area contributed by atoms with Gasteiger partial charge < -0.3 is 19.0 Å². The van der Waals surface area contributed by atoms with Crippen LogP contribution in [0, 0.1) is 0 Å². The summed E-state index contributed by atoms with van der Waals surface area (Å²) in [5.74, 6) is 0.617. The van der Waals surface area contributed by atoms with Gasteiger partial charge >= 0.3 is 6.29 Å². The number of benzene rings is 2. The minimum absolute atomic E-state index is 0.0472. The highest BCUT2D eigenvalue weighted by atomic mass is 28.4. The number of rotatable bonds is 4. The van der Waals surface area contributed by atoms with Crippen molar-refractivity contribution >= 4 is 8.32 Å². The zero-order valence-electron chi connectivity index (χ0n) is 16.0. The van der Waals surface area contributed by atoms with E-state index in [1.54, 1.807) is 12.1 Å². The molecule has 1 heterocycles. The zero-order valence-corrected chi connectivity index (χ0v) is 17.0. The van der Waals surface area contributed by atoms with Gasteiger partial charge in [-0.1, -0.05) is 39.0 Å². The average molecular weight is 394 g/mol. The summed E-state index contributed by atoms with van der Waals surface area (Å²) in [6, 6.07) is 11.4. The molecule has 1 unspecified atom stereocenters. The second-order valence-electron chi connectivity index (χ2n) is 8.21. The minimum Gasteiger partial charge on any atom is -0.544 e. The van der Waals surface area contributed by atoms with Gasteiger partial charge in [0.05, 0.1) is 0 Å². The molecule has 0 spiro atoms. The molecule has 0 saturated carbocycles. The van der Waals surface area contributed by atoms with E-state index in [-0.39, 0.29) is 16.5 Å². The van der Waals surface area contributed by atoms with Crippen molar-refractivity contribution in [1.82, 2.24) is 0 Å². The lowest BCUT2D eigenvalue weighted by Crippen LogP contribution is -2.43. The van der Waals surface area contributed by atoms with Crippen molar-refractivity contribution in [3.8, 4) is 17.2 Å². The van der Waals surface area contributed by atoms with Gasteiger partial charge in [0.15, 0.2) is 11.5 Å². The number of ether oxygens (including phenoxy) is 2. The third kappa shape index (κ3) is 4.09. The first-order chi connectivity index (χ1) is 12.4. The molecular weight excluding hydrogens is 370 g/mol. The molecule has 0 radical (unpaired) electrons. The van der Waals surface area contributed by atoms with Gasteiger partial charge in [-0.05, 0) is 53.5 Å². The van der Waals surface area contributed by atoms with E-state index in [2.05, 4.69) is 43.3 Å². The maximum Gasteiger partial charge on any atom is 0.586 e. The molecule has 1 N–H and O–H groups in total. The van der Waals surface area contributed by atoms with Crippen molar-refractivity contribution in [3.05, 3.63) is 53.6 Å². The predicted octanol–water partition coefficient (Wildman–Crippen LogP) is 5.47. The van der Waals surface area contributed by atoms with Gasteiger partial charge in [0.25, 0.3) is 0 Å². The number of hydrogen-bond donors (Lipinski definition) is 1. The topological polar surface area (TPSA) is 47.9 Å². The molecular formula is C20H24F2O4Si. The summed E-state index contributed by atoms with van der Waals surface area (Å²) in [5, 5.41) is 10.7. The summed E-state index contributed by atoms with van der Waals surface area (Å²) >= 11 is 0. The molecule has 0 aromatic heterocycles. The molecule has 27 heavy (non-hydrogen) atoms. The van der Waals surface area contributed by atoms with Crippen LogP contribution in [0.25, 0.3) is 0 Å². The monoisotopic (exact) mass is 394 g/mol. The van der Waals surface area contributed by atoms with E-state index >= 15 is 0 Å². The van der Waals surface area contributed by atoms with E-state index in [1.165, 1.54) is 18.2 Å². The molecule has 0 amide bonds. The maximum atomic E-state index is 13.1. The number of halogens is 2. The highest BCUT2D eigenvalue weighted by molar-refractivity contribution is 6.74. The zero-order chi connectivity index (χ0) is 20.0. The number of aliphatic hydroxyl groups excluding tert-OH is 1. The van der Waals surface area contributed by atoms with Crippen molar-refractivity contribution in [1.29, 1.82) is 0 Å². The second-order valence-corrected chi connectivity index (χ2v) is 12.9. The van der Waals surface area contributed by atoms with E-state index < -0.39 is 20.7 Å². The van der Waals surface area contributed by atoms with E-state index in [4.69, 9.17) is 4.43 Å². The number of aliphatic hydroxyl groups is 1. The summed E-state index contributed by atoms with van der Waals surface area (Å²) in [6.45, 7) is 10.8. The van der Waals surface area contributed by atoms with Crippen LogP contribution in [-0.2, 0) is 0 Å². The first kappa shape index (κ1) is 19.6. The van der Waals surface area contributed by atoms with Crippen LogP contribution in [-0.4, -0.2) is 19.7 Å². The molecule has 3 rings (SSSR count). The smallest absolute Gasteiger partial charge is 0.544 e. The summed E-state index contributed by atoms with van der Waals surface area (Å²) < 4.78 is 41.3. The largest absolute Gasteiger partial charge is 0.586 e. The molecule has 2 aromatic carbocycles. The third-order valence-corrected chi connectivity index (χ3v) is 9.47. The molecule has 0 fully saturated rings. The van der Waals surface area contributed by atoms with Gasteiger partial charge in [-0.3, -0.25) is 0 Å². The minimum atomic E-state index is -3.67. The molecule has 0 saturated heterocycles. The Bertz CT molecular complexity index is 829. The molecule has 146 valence electrons. The van der Waals surface area contributed by atoms with Crippen LogP contribution in [0.15, 0.2) is 42.5 Å². The maximum absolute atomic E-state index is 13.1. The Hall–Kier alpha value is -2.12. The van der Waals surface area contributed by atoms with Crippen LogP contribution in [0.2, 0.25) is 18.1 Å². The average Bonchev–Trinajstić information content (AvgIpc) is 2.86. The van der Waals surface area contributed by atoms with Gasteiger partial charge in [-0.2, -0.15) is 0 Å².